The highest BCUT2D eigenvalue weighted by Gasteiger charge is 2.25. The fraction of sp³-hybridized carbons (Fsp3) is 0.846. The molecule has 1 aliphatic rings. The Balaban J connectivity index is 2.25. The molecule has 0 saturated carbocycles. The third-order valence-corrected chi connectivity index (χ3v) is 3.63. The standard InChI is InChI=1S/C13H24N2O4/c1-3-9(2)11(12(16)17)15-13(18)14-6-4-10-5-7-19-8-10/h9-11H,3-8H2,1-2H3,(H,16,17)(H2,14,15,18). The fourth-order valence-electron chi connectivity index (χ4n) is 2.08. The Bertz CT molecular complexity index is 303. The third kappa shape index (κ3) is 5.46. The van der Waals surface area contributed by atoms with E-state index < -0.39 is 18.0 Å². The first-order valence-electron chi connectivity index (χ1n) is 6.89. The maximum atomic E-state index is 11.6. The molecule has 1 fully saturated rings. The van der Waals surface area contributed by atoms with Crippen LogP contribution < -0.4 is 10.6 Å². The Kier molecular flexibility index (Phi) is 6.62. The van der Waals surface area contributed by atoms with E-state index in [0.29, 0.717) is 18.9 Å². The monoisotopic (exact) mass is 272 g/mol. The number of hydrogen-bond acceptors (Lipinski definition) is 3. The summed E-state index contributed by atoms with van der Waals surface area (Å²) in [5, 5.41) is 14.3. The number of carboxylic acid groups (broad SMARTS) is 1. The Labute approximate surface area is 113 Å². The lowest BCUT2D eigenvalue weighted by Crippen LogP contribution is -2.49. The molecule has 0 radical (unpaired) electrons. The number of carbonyl (C=O) groups excluding carboxylic acids is 1. The van der Waals surface area contributed by atoms with Crippen molar-refractivity contribution in [3.05, 3.63) is 0 Å². The Hall–Kier alpha value is -1.30. The third-order valence-electron chi connectivity index (χ3n) is 3.63. The molecule has 1 rings (SSSR count). The Morgan fingerprint density at radius 2 is 2.21 bits per heavy atom. The van der Waals surface area contributed by atoms with Crippen molar-refractivity contribution < 1.29 is 19.4 Å². The van der Waals surface area contributed by atoms with Gasteiger partial charge in [0.25, 0.3) is 0 Å². The molecule has 0 bridgehead atoms. The van der Waals surface area contributed by atoms with E-state index in [1.54, 1.807) is 0 Å². The molecule has 6 nitrogen and oxygen atoms in total. The van der Waals surface area contributed by atoms with Gasteiger partial charge in [-0.25, -0.2) is 9.59 Å². The summed E-state index contributed by atoms with van der Waals surface area (Å²) in [5.74, 6) is -0.578. The molecule has 110 valence electrons. The van der Waals surface area contributed by atoms with E-state index >= 15 is 0 Å². The lowest BCUT2D eigenvalue weighted by Gasteiger charge is -2.20. The number of ether oxygens (including phenoxy) is 1. The predicted octanol–water partition coefficient (Wildman–Crippen LogP) is 1.21. The molecule has 3 atom stereocenters. The number of nitrogens with one attached hydrogen (secondary N) is 2. The van der Waals surface area contributed by atoms with Crippen LogP contribution in [0.2, 0.25) is 0 Å². The Morgan fingerprint density at radius 3 is 2.74 bits per heavy atom. The number of hydrogen-bond donors (Lipinski definition) is 3. The minimum absolute atomic E-state index is 0.0912. The zero-order valence-electron chi connectivity index (χ0n) is 11.6. The van der Waals surface area contributed by atoms with Crippen LogP contribution in [-0.4, -0.2) is 42.9 Å². The van der Waals surface area contributed by atoms with Crippen LogP contribution in [0, 0.1) is 11.8 Å². The van der Waals surface area contributed by atoms with Gasteiger partial charge in [-0.1, -0.05) is 20.3 Å². The fourth-order valence-corrected chi connectivity index (χ4v) is 2.08. The van der Waals surface area contributed by atoms with Gasteiger partial charge in [0.2, 0.25) is 0 Å². The van der Waals surface area contributed by atoms with Gasteiger partial charge in [0.15, 0.2) is 0 Å². The van der Waals surface area contributed by atoms with Crippen LogP contribution in [0.25, 0.3) is 0 Å². The summed E-state index contributed by atoms with van der Waals surface area (Å²) in [7, 11) is 0. The van der Waals surface area contributed by atoms with E-state index in [1.165, 1.54) is 0 Å². The average Bonchev–Trinajstić information content (AvgIpc) is 2.87. The van der Waals surface area contributed by atoms with Crippen LogP contribution in [-0.2, 0) is 9.53 Å². The second-order valence-electron chi connectivity index (χ2n) is 5.12. The van der Waals surface area contributed by atoms with Crippen LogP contribution in [0.4, 0.5) is 4.79 Å². The number of carbonyl (C=O) groups is 2. The van der Waals surface area contributed by atoms with Gasteiger partial charge < -0.3 is 20.5 Å². The van der Waals surface area contributed by atoms with Gasteiger partial charge in [-0.15, -0.1) is 0 Å². The van der Waals surface area contributed by atoms with Gasteiger partial charge in [0.05, 0.1) is 0 Å². The van der Waals surface area contributed by atoms with Crippen molar-refractivity contribution in [2.75, 3.05) is 19.8 Å². The highest BCUT2D eigenvalue weighted by molar-refractivity contribution is 5.82. The lowest BCUT2D eigenvalue weighted by molar-refractivity contribution is -0.140. The minimum atomic E-state index is -0.992. The second-order valence-corrected chi connectivity index (χ2v) is 5.12. The van der Waals surface area contributed by atoms with Gasteiger partial charge in [0, 0.05) is 19.8 Å². The summed E-state index contributed by atoms with van der Waals surface area (Å²) in [4.78, 5) is 22.7. The van der Waals surface area contributed by atoms with E-state index in [-0.39, 0.29) is 5.92 Å². The van der Waals surface area contributed by atoms with Crippen LogP contribution in [0.5, 0.6) is 0 Å². The first-order valence-corrected chi connectivity index (χ1v) is 6.89. The van der Waals surface area contributed by atoms with Crippen LogP contribution in [0.1, 0.15) is 33.1 Å². The predicted molar refractivity (Wildman–Crippen MR) is 71.0 cm³/mol. The lowest BCUT2D eigenvalue weighted by atomic mass is 9.99. The smallest absolute Gasteiger partial charge is 0.326 e. The van der Waals surface area contributed by atoms with E-state index in [4.69, 9.17) is 9.84 Å². The molecule has 19 heavy (non-hydrogen) atoms. The molecule has 3 N–H and O–H groups in total. The minimum Gasteiger partial charge on any atom is -0.480 e. The van der Waals surface area contributed by atoms with Gasteiger partial charge in [0.1, 0.15) is 6.04 Å². The molecular weight excluding hydrogens is 248 g/mol. The van der Waals surface area contributed by atoms with Crippen LogP contribution >= 0.6 is 0 Å². The van der Waals surface area contributed by atoms with E-state index in [1.807, 2.05) is 13.8 Å². The summed E-state index contributed by atoms with van der Waals surface area (Å²) < 4.78 is 5.25. The highest BCUT2D eigenvalue weighted by Crippen LogP contribution is 2.15. The van der Waals surface area contributed by atoms with Crippen molar-refractivity contribution in [1.82, 2.24) is 10.6 Å². The number of aliphatic carboxylic acids is 1. The van der Waals surface area contributed by atoms with E-state index in [2.05, 4.69) is 10.6 Å². The molecular formula is C13H24N2O4. The summed E-state index contributed by atoms with van der Waals surface area (Å²) in [6.45, 7) is 5.82. The topological polar surface area (TPSA) is 87.7 Å². The van der Waals surface area contributed by atoms with Crippen molar-refractivity contribution in [1.29, 1.82) is 0 Å². The molecule has 1 saturated heterocycles. The van der Waals surface area contributed by atoms with Crippen LogP contribution in [0.15, 0.2) is 0 Å². The number of carboxylic acids is 1. The number of urea groups is 1. The highest BCUT2D eigenvalue weighted by atomic mass is 16.5. The second kappa shape index (κ2) is 7.99. The van der Waals surface area contributed by atoms with Gasteiger partial charge in [-0.2, -0.15) is 0 Å². The zero-order chi connectivity index (χ0) is 14.3. The molecule has 2 amide bonds. The summed E-state index contributed by atoms with van der Waals surface area (Å²) in [6.07, 6.45) is 2.61. The maximum Gasteiger partial charge on any atom is 0.326 e. The molecule has 6 heteroatoms. The molecule has 0 aromatic carbocycles. The number of rotatable bonds is 7. The Morgan fingerprint density at radius 1 is 1.47 bits per heavy atom. The van der Waals surface area contributed by atoms with E-state index in [0.717, 1.165) is 26.1 Å². The van der Waals surface area contributed by atoms with Crippen molar-refractivity contribution in [2.24, 2.45) is 11.8 Å². The summed E-state index contributed by atoms with van der Waals surface area (Å²) in [6, 6.07) is -1.24. The van der Waals surface area contributed by atoms with Crippen molar-refractivity contribution >= 4 is 12.0 Å². The first-order chi connectivity index (χ1) is 9.04. The molecule has 0 aromatic rings. The van der Waals surface area contributed by atoms with Gasteiger partial charge in [-0.05, 0) is 24.7 Å². The van der Waals surface area contributed by atoms with Crippen molar-refractivity contribution in [3.8, 4) is 0 Å². The quantitative estimate of drug-likeness (QED) is 0.650. The SMILES string of the molecule is CCC(C)C(NC(=O)NCCC1CCOC1)C(=O)O. The van der Waals surface area contributed by atoms with Crippen molar-refractivity contribution in [2.45, 2.75) is 39.2 Å². The largest absolute Gasteiger partial charge is 0.480 e. The average molecular weight is 272 g/mol. The van der Waals surface area contributed by atoms with Crippen molar-refractivity contribution in [3.63, 3.8) is 0 Å². The molecule has 0 aromatic heterocycles. The normalized spacial score (nSPS) is 21.7. The number of amides is 2. The molecule has 0 spiro atoms. The molecule has 1 aliphatic heterocycles. The molecule has 0 aliphatic carbocycles. The van der Waals surface area contributed by atoms with E-state index in [9.17, 15) is 9.59 Å². The summed E-state index contributed by atoms with van der Waals surface area (Å²) >= 11 is 0. The molecule has 1 heterocycles. The van der Waals surface area contributed by atoms with Gasteiger partial charge >= 0.3 is 12.0 Å². The summed E-state index contributed by atoms with van der Waals surface area (Å²) in [5.41, 5.74) is 0. The zero-order valence-corrected chi connectivity index (χ0v) is 11.6. The van der Waals surface area contributed by atoms with Gasteiger partial charge in [-0.3, -0.25) is 0 Å². The molecule has 3 unspecified atom stereocenters. The maximum absolute atomic E-state index is 11.6. The first kappa shape index (κ1) is 15.8. The van der Waals surface area contributed by atoms with Crippen LogP contribution in [0.3, 0.4) is 0 Å².